The Morgan fingerprint density at radius 2 is 1.77 bits per heavy atom. The van der Waals surface area contributed by atoms with Gasteiger partial charge < -0.3 is 14.7 Å². The number of amides is 2. The van der Waals surface area contributed by atoms with Gasteiger partial charge in [-0.05, 0) is 31.1 Å². The quantitative estimate of drug-likeness (QED) is 0.632. The van der Waals surface area contributed by atoms with Gasteiger partial charge in [-0.15, -0.1) is 0 Å². The molecular weight excluding hydrogens is 336 g/mol. The number of nitrogens with zero attached hydrogens (tertiary/aromatic N) is 2. The largest absolute Gasteiger partial charge is 0.480 e. The highest BCUT2D eigenvalue weighted by atomic mass is 16.6. The van der Waals surface area contributed by atoms with Gasteiger partial charge in [-0.25, -0.2) is 9.59 Å². The highest BCUT2D eigenvalue weighted by molar-refractivity contribution is 5.89. The zero-order valence-corrected chi connectivity index (χ0v) is 16.3. The molecule has 1 saturated carbocycles. The van der Waals surface area contributed by atoms with Crippen LogP contribution in [0.4, 0.5) is 4.79 Å². The minimum atomic E-state index is -0.993. The fraction of sp³-hybridized carbons (Fsp3) is 0.737. The zero-order valence-electron chi connectivity index (χ0n) is 16.3. The number of carboxylic acid groups (broad SMARTS) is 1. The highest BCUT2D eigenvalue weighted by Gasteiger charge is 2.40. The van der Waals surface area contributed by atoms with Gasteiger partial charge in [0.1, 0.15) is 18.7 Å². The van der Waals surface area contributed by atoms with Crippen LogP contribution in [0.1, 0.15) is 46.0 Å². The van der Waals surface area contributed by atoms with Crippen LogP contribution >= 0.6 is 0 Å². The summed E-state index contributed by atoms with van der Waals surface area (Å²) in [4.78, 5) is 39.7. The molecule has 26 heavy (non-hydrogen) atoms. The number of hydrogen-bond donors (Lipinski definition) is 1. The SMILES string of the molecule is C=CCOC(=O)N(C)[C@@H](CC(C)C)C(=O)N(C)[C@@H](C(=O)O)C1CCCC1. The molecule has 148 valence electrons. The van der Waals surface area contributed by atoms with Gasteiger partial charge in [0.05, 0.1) is 0 Å². The third-order valence-corrected chi connectivity index (χ3v) is 4.92. The van der Waals surface area contributed by atoms with Crippen LogP contribution in [0.15, 0.2) is 12.7 Å². The van der Waals surface area contributed by atoms with Gasteiger partial charge in [0.25, 0.3) is 0 Å². The van der Waals surface area contributed by atoms with Crippen LogP contribution in [0.2, 0.25) is 0 Å². The summed E-state index contributed by atoms with van der Waals surface area (Å²) >= 11 is 0. The molecule has 1 fully saturated rings. The fourth-order valence-electron chi connectivity index (χ4n) is 3.56. The van der Waals surface area contributed by atoms with E-state index >= 15 is 0 Å². The monoisotopic (exact) mass is 368 g/mol. The maximum atomic E-state index is 13.1. The number of carbonyl (C=O) groups excluding carboxylic acids is 2. The maximum Gasteiger partial charge on any atom is 0.410 e. The molecule has 7 nitrogen and oxygen atoms in total. The van der Waals surface area contributed by atoms with Crippen molar-refractivity contribution in [1.82, 2.24) is 9.80 Å². The van der Waals surface area contributed by atoms with Crippen molar-refractivity contribution >= 4 is 18.0 Å². The first-order valence-electron chi connectivity index (χ1n) is 9.20. The Hall–Kier alpha value is -2.05. The Kier molecular flexibility index (Phi) is 8.61. The predicted octanol–water partition coefficient (Wildman–Crippen LogP) is 2.76. The molecule has 0 aromatic carbocycles. The molecule has 0 heterocycles. The molecule has 0 bridgehead atoms. The molecule has 0 saturated heterocycles. The Morgan fingerprint density at radius 3 is 2.23 bits per heavy atom. The van der Waals surface area contributed by atoms with Crippen LogP contribution in [-0.2, 0) is 14.3 Å². The van der Waals surface area contributed by atoms with Crippen molar-refractivity contribution in [3.63, 3.8) is 0 Å². The van der Waals surface area contributed by atoms with Gasteiger partial charge in [-0.1, -0.05) is 39.3 Å². The van der Waals surface area contributed by atoms with E-state index in [1.807, 2.05) is 13.8 Å². The summed E-state index contributed by atoms with van der Waals surface area (Å²) in [5, 5.41) is 9.67. The lowest BCUT2D eigenvalue weighted by molar-refractivity contribution is -0.153. The Labute approximate surface area is 156 Å². The van der Waals surface area contributed by atoms with E-state index in [2.05, 4.69) is 6.58 Å². The molecule has 1 aliphatic carbocycles. The first-order chi connectivity index (χ1) is 12.2. The summed E-state index contributed by atoms with van der Waals surface area (Å²) in [6, 6.07) is -1.63. The third-order valence-electron chi connectivity index (χ3n) is 4.92. The normalized spacial score (nSPS) is 16.8. The second-order valence-electron chi connectivity index (χ2n) is 7.40. The van der Waals surface area contributed by atoms with E-state index in [1.54, 1.807) is 0 Å². The molecule has 7 heteroatoms. The van der Waals surface area contributed by atoms with Gasteiger partial charge in [0.2, 0.25) is 5.91 Å². The molecule has 0 unspecified atom stereocenters. The lowest BCUT2D eigenvalue weighted by Gasteiger charge is -2.35. The summed E-state index contributed by atoms with van der Waals surface area (Å²) in [6.45, 7) is 7.46. The van der Waals surface area contributed by atoms with E-state index in [-0.39, 0.29) is 24.3 Å². The van der Waals surface area contributed by atoms with Gasteiger partial charge in [0, 0.05) is 14.1 Å². The van der Waals surface area contributed by atoms with Crippen molar-refractivity contribution in [3.05, 3.63) is 12.7 Å². The Morgan fingerprint density at radius 1 is 1.19 bits per heavy atom. The molecule has 0 aromatic rings. The van der Waals surface area contributed by atoms with Crippen molar-refractivity contribution in [2.45, 2.75) is 58.0 Å². The molecule has 2 amide bonds. The van der Waals surface area contributed by atoms with Crippen LogP contribution in [0.25, 0.3) is 0 Å². The molecule has 2 atom stereocenters. The molecule has 0 aliphatic heterocycles. The summed E-state index contributed by atoms with van der Waals surface area (Å²) < 4.78 is 5.04. The van der Waals surface area contributed by atoms with Gasteiger partial charge in [-0.3, -0.25) is 9.69 Å². The number of aliphatic carboxylic acids is 1. The van der Waals surface area contributed by atoms with E-state index in [0.29, 0.717) is 6.42 Å². The van der Waals surface area contributed by atoms with Crippen molar-refractivity contribution in [2.24, 2.45) is 11.8 Å². The van der Waals surface area contributed by atoms with Crippen LogP contribution in [0.3, 0.4) is 0 Å². The van der Waals surface area contributed by atoms with E-state index in [1.165, 1.54) is 30.0 Å². The number of hydrogen-bond acceptors (Lipinski definition) is 4. The molecule has 0 aromatic heterocycles. The molecule has 1 rings (SSSR count). The van der Waals surface area contributed by atoms with E-state index in [9.17, 15) is 19.5 Å². The zero-order chi connectivity index (χ0) is 19.9. The van der Waals surface area contributed by atoms with Crippen molar-refractivity contribution in [3.8, 4) is 0 Å². The van der Waals surface area contributed by atoms with Gasteiger partial charge in [-0.2, -0.15) is 0 Å². The first kappa shape index (κ1) is 22.0. The summed E-state index contributed by atoms with van der Waals surface area (Å²) in [7, 11) is 3.03. The van der Waals surface area contributed by atoms with Gasteiger partial charge >= 0.3 is 12.1 Å². The lowest BCUT2D eigenvalue weighted by atomic mass is 9.95. The average Bonchev–Trinajstić information content (AvgIpc) is 3.09. The number of rotatable bonds is 9. The molecule has 1 aliphatic rings. The second-order valence-corrected chi connectivity index (χ2v) is 7.40. The minimum absolute atomic E-state index is 0.0424. The molecule has 1 N–H and O–H groups in total. The molecule has 0 spiro atoms. The average molecular weight is 368 g/mol. The first-order valence-corrected chi connectivity index (χ1v) is 9.20. The lowest BCUT2D eigenvalue weighted by Crippen LogP contribution is -2.55. The number of carboxylic acids is 1. The molecule has 0 radical (unpaired) electrons. The summed E-state index contributed by atoms with van der Waals surface area (Å²) in [5.74, 6) is -1.25. The van der Waals surface area contributed by atoms with Crippen molar-refractivity contribution < 1.29 is 24.2 Å². The summed E-state index contributed by atoms with van der Waals surface area (Å²) in [6.07, 6.45) is 4.85. The van der Waals surface area contributed by atoms with Crippen molar-refractivity contribution in [2.75, 3.05) is 20.7 Å². The van der Waals surface area contributed by atoms with E-state index in [0.717, 1.165) is 25.7 Å². The van der Waals surface area contributed by atoms with Crippen LogP contribution < -0.4 is 0 Å². The predicted molar refractivity (Wildman–Crippen MR) is 98.7 cm³/mol. The number of likely N-dealkylation sites (N-methyl/N-ethyl adjacent to an activating group) is 2. The maximum absolute atomic E-state index is 13.1. The van der Waals surface area contributed by atoms with Crippen LogP contribution in [0.5, 0.6) is 0 Å². The standard InChI is InChI=1S/C19H32N2O5/c1-6-11-26-19(25)20(4)15(12-13(2)3)17(22)21(5)16(18(23)24)14-9-7-8-10-14/h6,13-16H,1,7-12H2,2-5H3,(H,23,24)/t15-,16+/m0/s1. The van der Waals surface area contributed by atoms with Gasteiger partial charge in [0.15, 0.2) is 0 Å². The summed E-state index contributed by atoms with van der Waals surface area (Å²) in [5.41, 5.74) is 0. The van der Waals surface area contributed by atoms with Crippen LogP contribution in [-0.4, -0.2) is 65.7 Å². The number of carbonyl (C=O) groups is 3. The van der Waals surface area contributed by atoms with E-state index in [4.69, 9.17) is 4.74 Å². The smallest absolute Gasteiger partial charge is 0.410 e. The van der Waals surface area contributed by atoms with Crippen LogP contribution in [0, 0.1) is 11.8 Å². The second kappa shape index (κ2) is 10.2. The molecular formula is C19H32N2O5. The third kappa shape index (κ3) is 5.75. The number of ether oxygens (including phenoxy) is 1. The van der Waals surface area contributed by atoms with Crippen molar-refractivity contribution in [1.29, 1.82) is 0 Å². The Bertz CT molecular complexity index is 514. The highest BCUT2D eigenvalue weighted by Crippen LogP contribution is 2.31. The Balaban J connectivity index is 2.99. The fourth-order valence-corrected chi connectivity index (χ4v) is 3.56. The topological polar surface area (TPSA) is 87.2 Å². The minimum Gasteiger partial charge on any atom is -0.480 e. The van der Waals surface area contributed by atoms with E-state index < -0.39 is 24.1 Å².